The molecule has 0 saturated heterocycles. The molecule has 0 aliphatic carbocycles. The molecule has 0 fully saturated rings. The molecule has 2 rings (SSSR count). The van der Waals surface area contributed by atoms with Crippen LogP contribution in [0.25, 0.3) is 0 Å². The minimum absolute atomic E-state index is 0.0917. The number of hydrogen-bond donors (Lipinski definition) is 1. The Hall–Kier alpha value is -1.61. The van der Waals surface area contributed by atoms with Crippen molar-refractivity contribution < 1.29 is 4.42 Å². The maximum atomic E-state index is 5.81. The van der Waals surface area contributed by atoms with E-state index in [-0.39, 0.29) is 6.04 Å². The fourth-order valence-corrected chi connectivity index (χ4v) is 1.87. The fourth-order valence-electron chi connectivity index (χ4n) is 1.87. The average molecular weight is 230 g/mol. The molecule has 3 heteroatoms. The summed E-state index contributed by atoms with van der Waals surface area (Å²) in [4.78, 5) is 4.16. The third-order valence-electron chi connectivity index (χ3n) is 2.74. The topological polar surface area (TPSA) is 38.1 Å². The molecule has 2 aromatic rings. The molecule has 0 saturated carbocycles. The first-order valence-corrected chi connectivity index (χ1v) is 6.07. The highest BCUT2D eigenvalue weighted by Crippen LogP contribution is 2.23. The number of nitrogens with zero attached hydrogens (tertiary/aromatic N) is 1. The van der Waals surface area contributed by atoms with Gasteiger partial charge < -0.3 is 9.73 Å². The molecule has 0 radical (unpaired) electrons. The standard InChI is InChI=1S/C14H18N2O/c1-3-12-7-8-13(17-12)14(16-4-2)11-6-5-9-15-10-11/h5-10,14,16H,3-4H2,1-2H3. The van der Waals surface area contributed by atoms with Gasteiger partial charge in [0.05, 0.1) is 6.04 Å². The van der Waals surface area contributed by atoms with Gasteiger partial charge in [0.25, 0.3) is 0 Å². The molecule has 90 valence electrons. The van der Waals surface area contributed by atoms with Crippen molar-refractivity contribution in [2.75, 3.05) is 6.54 Å². The van der Waals surface area contributed by atoms with Crippen LogP contribution in [0.15, 0.2) is 41.1 Å². The van der Waals surface area contributed by atoms with E-state index in [0.717, 1.165) is 30.0 Å². The van der Waals surface area contributed by atoms with Gasteiger partial charge in [-0.05, 0) is 30.3 Å². The number of rotatable bonds is 5. The van der Waals surface area contributed by atoms with Crippen LogP contribution in [0.3, 0.4) is 0 Å². The van der Waals surface area contributed by atoms with Crippen LogP contribution in [0.5, 0.6) is 0 Å². The summed E-state index contributed by atoms with van der Waals surface area (Å²) in [7, 11) is 0. The molecule has 2 heterocycles. The quantitative estimate of drug-likeness (QED) is 0.858. The monoisotopic (exact) mass is 230 g/mol. The third kappa shape index (κ3) is 2.74. The van der Waals surface area contributed by atoms with Gasteiger partial charge in [-0.2, -0.15) is 0 Å². The summed E-state index contributed by atoms with van der Waals surface area (Å²) in [5.74, 6) is 1.98. The molecule has 17 heavy (non-hydrogen) atoms. The van der Waals surface area contributed by atoms with Crippen LogP contribution in [0.1, 0.15) is 37.0 Å². The average Bonchev–Trinajstić information content (AvgIpc) is 2.85. The molecule has 1 atom stereocenters. The molecule has 2 aromatic heterocycles. The lowest BCUT2D eigenvalue weighted by Gasteiger charge is -2.15. The van der Waals surface area contributed by atoms with Crippen LogP contribution in [-0.4, -0.2) is 11.5 Å². The van der Waals surface area contributed by atoms with E-state index in [1.165, 1.54) is 0 Å². The first-order valence-electron chi connectivity index (χ1n) is 6.07. The van der Waals surface area contributed by atoms with Crippen LogP contribution in [-0.2, 0) is 6.42 Å². The minimum Gasteiger partial charge on any atom is -0.464 e. The number of aryl methyl sites for hydroxylation is 1. The Bertz CT molecular complexity index is 450. The van der Waals surface area contributed by atoms with Gasteiger partial charge in [0.2, 0.25) is 0 Å². The van der Waals surface area contributed by atoms with E-state index in [2.05, 4.69) is 30.2 Å². The minimum atomic E-state index is 0.0917. The molecule has 0 aliphatic rings. The zero-order valence-electron chi connectivity index (χ0n) is 10.3. The van der Waals surface area contributed by atoms with Gasteiger partial charge in [0.1, 0.15) is 11.5 Å². The maximum absolute atomic E-state index is 5.81. The molecular formula is C14H18N2O. The van der Waals surface area contributed by atoms with Crippen LogP contribution in [0.4, 0.5) is 0 Å². The third-order valence-corrected chi connectivity index (χ3v) is 2.74. The molecule has 1 N–H and O–H groups in total. The molecule has 0 spiro atoms. The Morgan fingerprint density at radius 1 is 1.29 bits per heavy atom. The van der Waals surface area contributed by atoms with Gasteiger partial charge in [0.15, 0.2) is 0 Å². The number of hydrogen-bond acceptors (Lipinski definition) is 3. The molecular weight excluding hydrogens is 212 g/mol. The predicted molar refractivity (Wildman–Crippen MR) is 67.8 cm³/mol. The van der Waals surface area contributed by atoms with E-state index in [1.807, 2.05) is 24.4 Å². The van der Waals surface area contributed by atoms with E-state index in [9.17, 15) is 0 Å². The summed E-state index contributed by atoms with van der Waals surface area (Å²) >= 11 is 0. The van der Waals surface area contributed by atoms with Crippen LogP contribution >= 0.6 is 0 Å². The lowest BCUT2D eigenvalue weighted by Crippen LogP contribution is -2.21. The zero-order valence-corrected chi connectivity index (χ0v) is 10.3. The Morgan fingerprint density at radius 3 is 2.76 bits per heavy atom. The van der Waals surface area contributed by atoms with Crippen LogP contribution in [0, 0.1) is 0 Å². The van der Waals surface area contributed by atoms with E-state index >= 15 is 0 Å². The highest BCUT2D eigenvalue weighted by atomic mass is 16.3. The van der Waals surface area contributed by atoms with Gasteiger partial charge in [0, 0.05) is 18.8 Å². The van der Waals surface area contributed by atoms with Crippen molar-refractivity contribution in [1.29, 1.82) is 0 Å². The molecule has 1 unspecified atom stereocenters. The molecule has 0 bridgehead atoms. The second kappa shape index (κ2) is 5.64. The van der Waals surface area contributed by atoms with Crippen LogP contribution < -0.4 is 5.32 Å². The first-order chi connectivity index (χ1) is 8.35. The van der Waals surface area contributed by atoms with Gasteiger partial charge in [-0.25, -0.2) is 0 Å². The van der Waals surface area contributed by atoms with E-state index in [4.69, 9.17) is 4.42 Å². The number of nitrogens with one attached hydrogen (secondary N) is 1. The van der Waals surface area contributed by atoms with Crippen molar-refractivity contribution in [2.24, 2.45) is 0 Å². The zero-order chi connectivity index (χ0) is 12.1. The summed E-state index contributed by atoms with van der Waals surface area (Å²) in [5, 5.41) is 3.42. The smallest absolute Gasteiger partial charge is 0.125 e. The largest absolute Gasteiger partial charge is 0.464 e. The molecule has 3 nitrogen and oxygen atoms in total. The Balaban J connectivity index is 2.28. The highest BCUT2D eigenvalue weighted by Gasteiger charge is 2.16. The van der Waals surface area contributed by atoms with Crippen molar-refractivity contribution >= 4 is 0 Å². The Kier molecular flexibility index (Phi) is 3.94. The van der Waals surface area contributed by atoms with Gasteiger partial charge in [-0.15, -0.1) is 0 Å². The second-order valence-corrected chi connectivity index (χ2v) is 3.93. The molecule has 0 aromatic carbocycles. The SMILES string of the molecule is CCNC(c1cccnc1)c1ccc(CC)o1. The number of aromatic nitrogens is 1. The highest BCUT2D eigenvalue weighted by molar-refractivity contribution is 5.24. The Labute approximate surface area is 102 Å². The number of furan rings is 1. The summed E-state index contributed by atoms with van der Waals surface area (Å²) in [6, 6.07) is 8.18. The van der Waals surface area contributed by atoms with Crippen molar-refractivity contribution in [2.45, 2.75) is 26.3 Å². The van der Waals surface area contributed by atoms with Crippen molar-refractivity contribution in [3.8, 4) is 0 Å². The van der Waals surface area contributed by atoms with Gasteiger partial charge in [-0.1, -0.05) is 19.9 Å². The second-order valence-electron chi connectivity index (χ2n) is 3.93. The summed E-state index contributed by atoms with van der Waals surface area (Å²) in [5.41, 5.74) is 1.13. The van der Waals surface area contributed by atoms with E-state index in [0.29, 0.717) is 0 Å². The predicted octanol–water partition coefficient (Wildman–Crippen LogP) is 2.94. The maximum Gasteiger partial charge on any atom is 0.125 e. The van der Waals surface area contributed by atoms with Crippen molar-refractivity contribution in [3.05, 3.63) is 53.7 Å². The Morgan fingerprint density at radius 2 is 2.18 bits per heavy atom. The summed E-state index contributed by atoms with van der Waals surface area (Å²) in [6.45, 7) is 5.07. The normalized spacial score (nSPS) is 12.6. The lowest BCUT2D eigenvalue weighted by molar-refractivity contribution is 0.425. The molecule has 0 aliphatic heterocycles. The first kappa shape index (κ1) is 11.9. The lowest BCUT2D eigenvalue weighted by atomic mass is 10.1. The summed E-state index contributed by atoms with van der Waals surface area (Å²) < 4.78 is 5.81. The van der Waals surface area contributed by atoms with Crippen molar-refractivity contribution in [1.82, 2.24) is 10.3 Å². The van der Waals surface area contributed by atoms with E-state index < -0.39 is 0 Å². The van der Waals surface area contributed by atoms with Crippen molar-refractivity contribution in [3.63, 3.8) is 0 Å². The number of pyridine rings is 1. The van der Waals surface area contributed by atoms with Crippen LogP contribution in [0.2, 0.25) is 0 Å². The van der Waals surface area contributed by atoms with Gasteiger partial charge in [-0.3, -0.25) is 4.98 Å². The van der Waals surface area contributed by atoms with Gasteiger partial charge >= 0.3 is 0 Å². The van der Waals surface area contributed by atoms with E-state index in [1.54, 1.807) is 6.20 Å². The molecule has 0 amide bonds. The fraction of sp³-hybridized carbons (Fsp3) is 0.357. The summed E-state index contributed by atoms with van der Waals surface area (Å²) in [6.07, 6.45) is 4.58.